The lowest BCUT2D eigenvalue weighted by atomic mass is 10.1. The fraction of sp³-hybridized carbons (Fsp3) is 0.455. The van der Waals surface area contributed by atoms with Crippen LogP contribution in [0.15, 0.2) is 18.2 Å². The van der Waals surface area contributed by atoms with Gasteiger partial charge < -0.3 is 5.43 Å². The second-order valence-corrected chi connectivity index (χ2v) is 6.25. The molecule has 0 saturated carbocycles. The molecular weight excluding hydrogens is 238 g/mol. The summed E-state index contributed by atoms with van der Waals surface area (Å²) in [4.78, 5) is 0. The largest absolute Gasteiger partial charge is 0.324 e. The maximum Gasteiger partial charge on any atom is 0.235 e. The first-order valence-electron chi connectivity index (χ1n) is 5.62. The minimum atomic E-state index is -3.16. The maximum atomic E-state index is 12.0. The van der Waals surface area contributed by atoms with Crippen molar-refractivity contribution in [2.24, 2.45) is 5.84 Å². The Balaban J connectivity index is 2.45. The van der Waals surface area contributed by atoms with Crippen LogP contribution in [0.2, 0.25) is 0 Å². The van der Waals surface area contributed by atoms with E-state index in [0.29, 0.717) is 12.2 Å². The molecule has 17 heavy (non-hydrogen) atoms. The summed E-state index contributed by atoms with van der Waals surface area (Å²) in [6, 6.07) is 5.47. The molecule has 1 aliphatic rings. The Labute approximate surface area is 102 Å². The average Bonchev–Trinajstić information content (AvgIpc) is 2.30. The van der Waals surface area contributed by atoms with Crippen LogP contribution in [0.4, 0.5) is 11.4 Å². The van der Waals surface area contributed by atoms with Crippen molar-refractivity contribution < 1.29 is 8.42 Å². The smallest absolute Gasteiger partial charge is 0.235 e. The van der Waals surface area contributed by atoms with Crippen LogP contribution in [0.3, 0.4) is 0 Å². The van der Waals surface area contributed by atoms with Crippen LogP contribution in [0, 0.1) is 6.92 Å². The molecule has 1 fully saturated rings. The van der Waals surface area contributed by atoms with Gasteiger partial charge in [-0.25, -0.2) is 8.42 Å². The molecule has 0 bridgehead atoms. The lowest BCUT2D eigenvalue weighted by Crippen LogP contribution is -2.38. The van der Waals surface area contributed by atoms with Crippen LogP contribution in [0.25, 0.3) is 0 Å². The number of anilines is 2. The molecule has 94 valence electrons. The van der Waals surface area contributed by atoms with E-state index in [4.69, 9.17) is 5.84 Å². The zero-order chi connectivity index (χ0) is 12.5. The van der Waals surface area contributed by atoms with Gasteiger partial charge in [0, 0.05) is 6.54 Å². The molecule has 5 nitrogen and oxygen atoms in total. The highest BCUT2D eigenvalue weighted by atomic mass is 32.2. The average molecular weight is 255 g/mol. The number of sulfonamides is 1. The maximum absolute atomic E-state index is 12.0. The van der Waals surface area contributed by atoms with Gasteiger partial charge in [-0.05, 0) is 37.5 Å². The minimum absolute atomic E-state index is 0.229. The number of hydrogen-bond donors (Lipinski definition) is 2. The van der Waals surface area contributed by atoms with Crippen molar-refractivity contribution in [1.29, 1.82) is 0 Å². The highest BCUT2D eigenvalue weighted by molar-refractivity contribution is 7.92. The zero-order valence-electron chi connectivity index (χ0n) is 9.81. The monoisotopic (exact) mass is 255 g/mol. The molecule has 1 aliphatic heterocycles. The Morgan fingerprint density at radius 3 is 2.76 bits per heavy atom. The Kier molecular flexibility index (Phi) is 3.26. The number of nitrogens with two attached hydrogens (primary N) is 1. The molecule has 0 aromatic heterocycles. The van der Waals surface area contributed by atoms with E-state index < -0.39 is 10.0 Å². The van der Waals surface area contributed by atoms with Crippen molar-refractivity contribution in [2.75, 3.05) is 22.0 Å². The standard InChI is InChI=1S/C11H17N3O2S/c1-9-4-5-10(13-12)8-11(9)14-6-2-3-7-17(14,15)16/h4-5,8,13H,2-3,6-7,12H2,1H3. The molecule has 0 unspecified atom stereocenters. The van der Waals surface area contributed by atoms with Crippen molar-refractivity contribution in [3.8, 4) is 0 Å². The van der Waals surface area contributed by atoms with Gasteiger partial charge in [-0.3, -0.25) is 10.1 Å². The Bertz CT molecular complexity index is 513. The van der Waals surface area contributed by atoms with Gasteiger partial charge in [0.05, 0.1) is 17.1 Å². The van der Waals surface area contributed by atoms with Gasteiger partial charge in [-0.1, -0.05) is 6.07 Å². The van der Waals surface area contributed by atoms with Gasteiger partial charge in [-0.2, -0.15) is 0 Å². The van der Waals surface area contributed by atoms with Crippen molar-refractivity contribution in [3.63, 3.8) is 0 Å². The Hall–Kier alpha value is -1.27. The van der Waals surface area contributed by atoms with Gasteiger partial charge in [0.1, 0.15) is 0 Å². The van der Waals surface area contributed by atoms with Crippen LogP contribution in [0.1, 0.15) is 18.4 Å². The van der Waals surface area contributed by atoms with Crippen LogP contribution in [-0.4, -0.2) is 20.7 Å². The lowest BCUT2D eigenvalue weighted by Gasteiger charge is -2.29. The quantitative estimate of drug-likeness (QED) is 0.615. The lowest BCUT2D eigenvalue weighted by molar-refractivity contribution is 0.574. The summed E-state index contributed by atoms with van der Waals surface area (Å²) in [5.74, 6) is 5.58. The Morgan fingerprint density at radius 1 is 1.35 bits per heavy atom. The van der Waals surface area contributed by atoms with Gasteiger partial charge in [0.15, 0.2) is 0 Å². The number of nitrogens with zero attached hydrogens (tertiary/aromatic N) is 1. The van der Waals surface area contributed by atoms with E-state index in [1.165, 1.54) is 4.31 Å². The second-order valence-electron chi connectivity index (χ2n) is 4.24. The summed E-state index contributed by atoms with van der Waals surface area (Å²) >= 11 is 0. The van der Waals surface area contributed by atoms with E-state index in [2.05, 4.69) is 5.43 Å². The number of hydrogen-bond acceptors (Lipinski definition) is 4. The number of nitrogen functional groups attached to an aromatic ring is 1. The third-order valence-electron chi connectivity index (χ3n) is 2.99. The number of benzene rings is 1. The molecule has 0 radical (unpaired) electrons. The highest BCUT2D eigenvalue weighted by Crippen LogP contribution is 2.29. The van der Waals surface area contributed by atoms with Crippen LogP contribution in [-0.2, 0) is 10.0 Å². The molecule has 3 N–H and O–H groups in total. The van der Waals surface area contributed by atoms with Crippen molar-refractivity contribution in [3.05, 3.63) is 23.8 Å². The summed E-state index contributed by atoms with van der Waals surface area (Å²) < 4.78 is 25.5. The van der Waals surface area contributed by atoms with Crippen LogP contribution in [0.5, 0.6) is 0 Å². The third kappa shape index (κ3) is 2.37. The van der Waals surface area contributed by atoms with E-state index in [1.807, 2.05) is 19.1 Å². The predicted octanol–water partition coefficient (Wildman–Crippen LogP) is 1.21. The summed E-state index contributed by atoms with van der Waals surface area (Å²) in [5.41, 5.74) is 4.92. The van der Waals surface area contributed by atoms with Gasteiger partial charge in [0.25, 0.3) is 0 Å². The van der Waals surface area contributed by atoms with Crippen molar-refractivity contribution >= 4 is 21.4 Å². The zero-order valence-corrected chi connectivity index (χ0v) is 10.6. The van der Waals surface area contributed by atoms with E-state index in [0.717, 1.165) is 24.1 Å². The SMILES string of the molecule is Cc1ccc(NN)cc1N1CCCCS1(=O)=O. The van der Waals surface area contributed by atoms with E-state index in [1.54, 1.807) is 6.07 Å². The molecule has 6 heteroatoms. The fourth-order valence-electron chi connectivity index (χ4n) is 2.03. The molecule has 2 rings (SSSR count). The van der Waals surface area contributed by atoms with Gasteiger partial charge >= 0.3 is 0 Å². The highest BCUT2D eigenvalue weighted by Gasteiger charge is 2.27. The topological polar surface area (TPSA) is 75.4 Å². The predicted molar refractivity (Wildman–Crippen MR) is 69.4 cm³/mol. The molecule has 1 heterocycles. The molecule has 1 aromatic rings. The molecule has 0 atom stereocenters. The third-order valence-corrected chi connectivity index (χ3v) is 4.85. The molecule has 0 spiro atoms. The van der Waals surface area contributed by atoms with Gasteiger partial charge in [0.2, 0.25) is 10.0 Å². The Morgan fingerprint density at radius 2 is 2.12 bits per heavy atom. The van der Waals surface area contributed by atoms with E-state index in [-0.39, 0.29) is 5.75 Å². The summed E-state index contributed by atoms with van der Waals surface area (Å²) in [6.45, 7) is 2.46. The molecule has 0 amide bonds. The van der Waals surface area contributed by atoms with Crippen molar-refractivity contribution in [2.45, 2.75) is 19.8 Å². The molecule has 1 aromatic carbocycles. The fourth-order valence-corrected chi connectivity index (χ4v) is 3.72. The van der Waals surface area contributed by atoms with Gasteiger partial charge in [-0.15, -0.1) is 0 Å². The molecular formula is C11H17N3O2S. The number of hydrazine groups is 1. The number of nitrogens with one attached hydrogen (secondary N) is 1. The van der Waals surface area contributed by atoms with Crippen molar-refractivity contribution in [1.82, 2.24) is 0 Å². The first-order chi connectivity index (χ1) is 8.04. The number of aryl methyl sites for hydroxylation is 1. The molecule has 1 saturated heterocycles. The minimum Gasteiger partial charge on any atom is -0.324 e. The summed E-state index contributed by atoms with van der Waals surface area (Å²) in [5, 5.41) is 0. The van der Waals surface area contributed by atoms with Crippen LogP contribution >= 0.6 is 0 Å². The first-order valence-corrected chi connectivity index (χ1v) is 7.23. The second kappa shape index (κ2) is 4.54. The summed E-state index contributed by atoms with van der Waals surface area (Å²) in [7, 11) is -3.16. The number of rotatable bonds is 2. The normalized spacial score (nSPS) is 19.1. The molecule has 0 aliphatic carbocycles. The first kappa shape index (κ1) is 12.2. The summed E-state index contributed by atoms with van der Waals surface area (Å²) in [6.07, 6.45) is 1.64. The van der Waals surface area contributed by atoms with E-state index in [9.17, 15) is 8.42 Å². The van der Waals surface area contributed by atoms with Crippen LogP contribution < -0.4 is 15.6 Å². The van der Waals surface area contributed by atoms with E-state index >= 15 is 0 Å².